The van der Waals surface area contributed by atoms with Crippen molar-refractivity contribution in [3.8, 4) is 0 Å². The van der Waals surface area contributed by atoms with Crippen LogP contribution < -0.4 is 0 Å². The van der Waals surface area contributed by atoms with Gasteiger partial charge in [-0.05, 0) is 13.0 Å². The summed E-state index contributed by atoms with van der Waals surface area (Å²) in [5, 5.41) is 0. The summed E-state index contributed by atoms with van der Waals surface area (Å²) in [6.45, 7) is 9.48. The lowest BCUT2D eigenvalue weighted by Gasteiger charge is -2.15. The normalized spacial score (nSPS) is 12.0. The van der Waals surface area contributed by atoms with Crippen molar-refractivity contribution in [2.75, 3.05) is 41.0 Å². The fraction of sp³-hybridized carbons (Fsp3) is 0.438. The third kappa shape index (κ3) is 7.78. The van der Waals surface area contributed by atoms with E-state index in [1.54, 1.807) is 25.2 Å². The van der Waals surface area contributed by atoms with Gasteiger partial charge in [-0.25, -0.2) is 4.79 Å². The molecular weight excluding hydrogens is 288 g/mol. The third-order valence-electron chi connectivity index (χ3n) is 2.35. The molecule has 0 fully saturated rings. The summed E-state index contributed by atoms with van der Waals surface area (Å²) in [5.41, 5.74) is 0.600. The Balaban J connectivity index is 5.44. The number of methoxy groups -OCH3 is 2. The van der Waals surface area contributed by atoms with Gasteiger partial charge in [-0.2, -0.15) is 0 Å². The lowest BCUT2D eigenvalue weighted by molar-refractivity contribution is -0.138. The van der Waals surface area contributed by atoms with E-state index in [0.717, 1.165) is 0 Å². The quantitative estimate of drug-likeness (QED) is 0.138. The Bertz CT molecular complexity index is 422. The molecule has 6 heteroatoms. The molecule has 0 radical (unpaired) electrons. The maximum Gasteiger partial charge on any atom is 0.338 e. The van der Waals surface area contributed by atoms with Crippen LogP contribution in [0.3, 0.4) is 0 Å². The Kier molecular flexibility index (Phi) is 11.7. The Morgan fingerprint density at radius 1 is 1.14 bits per heavy atom. The van der Waals surface area contributed by atoms with Crippen molar-refractivity contribution >= 4 is 5.97 Å². The largest absolute Gasteiger partial charge is 0.467 e. The van der Waals surface area contributed by atoms with Gasteiger partial charge in [-0.1, -0.05) is 25.3 Å². The molecule has 0 saturated carbocycles. The highest BCUT2D eigenvalue weighted by molar-refractivity contribution is 5.93. The molecule has 0 aromatic heterocycles. The Morgan fingerprint density at radius 3 is 2.36 bits per heavy atom. The predicted molar refractivity (Wildman–Crippen MR) is 82.9 cm³/mol. The predicted octanol–water partition coefficient (Wildman–Crippen LogP) is 2.34. The SMILES string of the molecule is C=C/C=C\C(OCOC)=C(/COCOC)C(=C)C(=O)OCC. The first-order valence-corrected chi connectivity index (χ1v) is 6.69. The second-order valence-corrected chi connectivity index (χ2v) is 3.94. The minimum Gasteiger partial charge on any atom is -0.467 e. The number of esters is 1. The molecule has 0 bridgehead atoms. The summed E-state index contributed by atoms with van der Waals surface area (Å²) < 4.78 is 25.5. The van der Waals surface area contributed by atoms with Crippen molar-refractivity contribution in [2.45, 2.75) is 6.92 Å². The van der Waals surface area contributed by atoms with Gasteiger partial charge < -0.3 is 23.7 Å². The maximum atomic E-state index is 11.9. The van der Waals surface area contributed by atoms with E-state index in [0.29, 0.717) is 11.3 Å². The molecule has 0 unspecified atom stereocenters. The number of hydrogen-bond donors (Lipinski definition) is 0. The van der Waals surface area contributed by atoms with Crippen molar-refractivity contribution in [3.05, 3.63) is 48.3 Å². The molecule has 0 amide bonds. The molecule has 0 heterocycles. The van der Waals surface area contributed by atoms with Gasteiger partial charge in [0.15, 0.2) is 6.79 Å². The molecule has 0 saturated heterocycles. The highest BCUT2D eigenvalue weighted by Gasteiger charge is 2.18. The molecule has 0 aliphatic heterocycles. The van der Waals surface area contributed by atoms with E-state index < -0.39 is 5.97 Å². The van der Waals surface area contributed by atoms with E-state index in [1.807, 2.05) is 0 Å². The molecule has 124 valence electrons. The molecule has 0 N–H and O–H groups in total. The molecule has 0 atom stereocenters. The van der Waals surface area contributed by atoms with Gasteiger partial charge >= 0.3 is 5.97 Å². The van der Waals surface area contributed by atoms with Crippen LogP contribution in [-0.4, -0.2) is 47.0 Å². The smallest absolute Gasteiger partial charge is 0.338 e. The lowest BCUT2D eigenvalue weighted by atomic mass is 10.1. The number of rotatable bonds is 12. The van der Waals surface area contributed by atoms with Gasteiger partial charge in [0, 0.05) is 19.8 Å². The standard InChI is InChI=1S/C16H24O6/c1-6-8-9-15(22-12-19-5)14(10-20-11-18-4)13(3)16(17)21-7-2/h6,8-9H,1,3,7,10-12H2,2,4-5H3/b9-8-,15-14-. The maximum absolute atomic E-state index is 11.9. The molecule has 0 aromatic rings. The van der Waals surface area contributed by atoms with Crippen LogP contribution >= 0.6 is 0 Å². The van der Waals surface area contributed by atoms with Gasteiger partial charge in [0.2, 0.25) is 0 Å². The summed E-state index contributed by atoms with van der Waals surface area (Å²) >= 11 is 0. The van der Waals surface area contributed by atoms with E-state index in [9.17, 15) is 4.79 Å². The van der Waals surface area contributed by atoms with Crippen LogP contribution in [0.25, 0.3) is 0 Å². The lowest BCUT2D eigenvalue weighted by Crippen LogP contribution is -2.15. The van der Waals surface area contributed by atoms with Crippen molar-refractivity contribution in [1.82, 2.24) is 0 Å². The van der Waals surface area contributed by atoms with Gasteiger partial charge in [0.25, 0.3) is 0 Å². The fourth-order valence-electron chi connectivity index (χ4n) is 1.39. The molecule has 22 heavy (non-hydrogen) atoms. The van der Waals surface area contributed by atoms with Gasteiger partial charge in [-0.15, -0.1) is 0 Å². The number of carbonyl (C=O) groups is 1. The monoisotopic (exact) mass is 312 g/mol. The molecule has 0 aliphatic rings. The molecule has 6 nitrogen and oxygen atoms in total. The summed E-state index contributed by atoms with van der Waals surface area (Å²) in [6, 6.07) is 0. The van der Waals surface area contributed by atoms with Crippen molar-refractivity contribution in [3.63, 3.8) is 0 Å². The van der Waals surface area contributed by atoms with Crippen LogP contribution in [0.1, 0.15) is 6.92 Å². The van der Waals surface area contributed by atoms with Crippen molar-refractivity contribution in [2.24, 2.45) is 0 Å². The van der Waals surface area contributed by atoms with Crippen LogP contribution in [0.5, 0.6) is 0 Å². The summed E-state index contributed by atoms with van der Waals surface area (Å²) in [6.07, 6.45) is 4.89. The zero-order valence-electron chi connectivity index (χ0n) is 13.4. The van der Waals surface area contributed by atoms with E-state index in [-0.39, 0.29) is 32.4 Å². The second-order valence-electron chi connectivity index (χ2n) is 3.94. The van der Waals surface area contributed by atoms with Crippen molar-refractivity contribution in [1.29, 1.82) is 0 Å². The van der Waals surface area contributed by atoms with E-state index in [2.05, 4.69) is 13.2 Å². The second kappa shape index (κ2) is 12.8. The Labute approximate surface area is 131 Å². The zero-order valence-corrected chi connectivity index (χ0v) is 13.4. The minimum absolute atomic E-state index is 0.0146. The summed E-state index contributed by atoms with van der Waals surface area (Å²) in [7, 11) is 3.00. The number of hydrogen-bond acceptors (Lipinski definition) is 6. The third-order valence-corrected chi connectivity index (χ3v) is 2.35. The van der Waals surface area contributed by atoms with Gasteiger partial charge in [0.1, 0.15) is 12.6 Å². The first-order chi connectivity index (χ1) is 10.6. The number of allylic oxidation sites excluding steroid dienone is 3. The highest BCUT2D eigenvalue weighted by atomic mass is 16.7. The van der Waals surface area contributed by atoms with Crippen LogP contribution in [0.4, 0.5) is 0 Å². The Hall–Kier alpha value is -1.89. The molecule has 0 aliphatic carbocycles. The first-order valence-electron chi connectivity index (χ1n) is 6.69. The van der Waals surface area contributed by atoms with Crippen LogP contribution in [-0.2, 0) is 28.5 Å². The van der Waals surface area contributed by atoms with Gasteiger partial charge in [0.05, 0.1) is 18.8 Å². The summed E-state index contributed by atoms with van der Waals surface area (Å²) in [4.78, 5) is 11.9. The average molecular weight is 312 g/mol. The van der Waals surface area contributed by atoms with Gasteiger partial charge in [-0.3, -0.25) is 0 Å². The van der Waals surface area contributed by atoms with Crippen LogP contribution in [0, 0.1) is 0 Å². The fourth-order valence-corrected chi connectivity index (χ4v) is 1.39. The highest BCUT2D eigenvalue weighted by Crippen LogP contribution is 2.18. The first kappa shape index (κ1) is 20.1. The topological polar surface area (TPSA) is 63.2 Å². The van der Waals surface area contributed by atoms with E-state index in [1.165, 1.54) is 14.2 Å². The Morgan fingerprint density at radius 2 is 1.82 bits per heavy atom. The van der Waals surface area contributed by atoms with Crippen LogP contribution in [0.15, 0.2) is 48.3 Å². The van der Waals surface area contributed by atoms with Crippen LogP contribution in [0.2, 0.25) is 0 Å². The minimum atomic E-state index is -0.538. The summed E-state index contributed by atoms with van der Waals surface area (Å²) in [5.74, 6) is -0.153. The van der Waals surface area contributed by atoms with E-state index >= 15 is 0 Å². The number of ether oxygens (including phenoxy) is 5. The van der Waals surface area contributed by atoms with E-state index in [4.69, 9.17) is 23.7 Å². The van der Waals surface area contributed by atoms with Crippen molar-refractivity contribution < 1.29 is 28.5 Å². The molecule has 0 rings (SSSR count). The molecule has 0 spiro atoms. The molecular formula is C16H24O6. The zero-order chi connectivity index (χ0) is 16.8. The molecule has 0 aromatic carbocycles. The average Bonchev–Trinajstić information content (AvgIpc) is 2.52. The number of carbonyl (C=O) groups excluding carboxylic acids is 1.